The van der Waals surface area contributed by atoms with Gasteiger partial charge in [0.2, 0.25) is 0 Å². The molecule has 5 nitrogen and oxygen atoms in total. The van der Waals surface area contributed by atoms with E-state index in [9.17, 15) is 9.18 Å². The molecule has 7 heteroatoms. The van der Waals surface area contributed by atoms with Crippen molar-refractivity contribution >= 4 is 33.9 Å². The van der Waals surface area contributed by atoms with Crippen molar-refractivity contribution in [3.05, 3.63) is 75.3 Å². The van der Waals surface area contributed by atoms with E-state index in [1.165, 1.54) is 18.6 Å². The number of hydrogen-bond acceptors (Lipinski definition) is 3. The number of likely N-dealkylation sites (N-methyl/N-ethyl adjacent to an activating group) is 1. The van der Waals surface area contributed by atoms with Crippen LogP contribution in [0.25, 0.3) is 10.9 Å². The van der Waals surface area contributed by atoms with Crippen LogP contribution in [0, 0.1) is 19.7 Å². The average Bonchev–Trinajstić information content (AvgIpc) is 3.25. The Morgan fingerprint density at radius 1 is 1.24 bits per heavy atom. The van der Waals surface area contributed by atoms with Crippen LogP contribution in [0.3, 0.4) is 0 Å². The summed E-state index contributed by atoms with van der Waals surface area (Å²) in [5.41, 5.74) is 4.43. The third-order valence-corrected chi connectivity index (χ3v) is 7.07. The third-order valence-electron chi connectivity index (χ3n) is 6.71. The zero-order valence-electron chi connectivity index (χ0n) is 19.5. The normalized spacial score (nSPS) is 16.3. The van der Waals surface area contributed by atoms with Gasteiger partial charge in [-0.2, -0.15) is 0 Å². The second-order valence-electron chi connectivity index (χ2n) is 8.84. The minimum Gasteiger partial charge on any atom is -0.343 e. The molecule has 174 valence electrons. The second-order valence-corrected chi connectivity index (χ2v) is 9.22. The predicted octanol–water partition coefficient (Wildman–Crippen LogP) is 4.97. The first-order chi connectivity index (χ1) is 15.9. The highest BCUT2D eigenvalue weighted by Gasteiger charge is 2.26. The number of hydrogen-bond donors (Lipinski definition) is 2. The van der Waals surface area contributed by atoms with Crippen LogP contribution in [-0.4, -0.2) is 45.6 Å². The van der Waals surface area contributed by atoms with E-state index in [2.05, 4.69) is 33.1 Å². The van der Waals surface area contributed by atoms with E-state index in [-0.39, 0.29) is 11.4 Å². The molecule has 1 aliphatic heterocycles. The fourth-order valence-electron chi connectivity index (χ4n) is 4.62. The van der Waals surface area contributed by atoms with Crippen molar-refractivity contribution in [1.29, 1.82) is 0 Å². The molecule has 2 heterocycles. The third kappa shape index (κ3) is 5.25. The van der Waals surface area contributed by atoms with Gasteiger partial charge >= 0.3 is 0 Å². The van der Waals surface area contributed by atoms with Gasteiger partial charge in [0, 0.05) is 23.8 Å². The second kappa shape index (κ2) is 10.0. The van der Waals surface area contributed by atoms with Crippen LogP contribution < -0.4 is 10.9 Å². The van der Waals surface area contributed by atoms with E-state index in [0.717, 1.165) is 53.8 Å². The first kappa shape index (κ1) is 23.4. The molecule has 1 aliphatic rings. The fraction of sp³-hybridized carbons (Fsp3) is 0.385. The Hall–Kier alpha value is -2.77. The number of halogens is 1. The Balaban J connectivity index is 1.63. The maximum absolute atomic E-state index is 13.3. The molecule has 0 aliphatic carbocycles. The number of benzene rings is 2. The van der Waals surface area contributed by atoms with Gasteiger partial charge in [-0.15, -0.1) is 0 Å². The summed E-state index contributed by atoms with van der Waals surface area (Å²) in [6, 6.07) is 12.6. The van der Waals surface area contributed by atoms with Crippen LogP contribution >= 0.6 is 12.2 Å². The molecule has 1 fully saturated rings. The number of H-pyrrole nitrogens is 1. The molecule has 0 amide bonds. The number of pyridine rings is 1. The number of aromatic amines is 1. The number of nitrogens with zero attached hydrogens (tertiary/aromatic N) is 2. The zero-order valence-corrected chi connectivity index (χ0v) is 20.3. The minimum atomic E-state index is -0.291. The van der Waals surface area contributed by atoms with E-state index in [1.54, 1.807) is 12.1 Å². The van der Waals surface area contributed by atoms with Crippen molar-refractivity contribution < 1.29 is 4.39 Å². The predicted molar refractivity (Wildman–Crippen MR) is 137 cm³/mol. The van der Waals surface area contributed by atoms with Crippen LogP contribution in [0.1, 0.15) is 36.5 Å². The van der Waals surface area contributed by atoms with E-state index in [1.807, 2.05) is 26.0 Å². The van der Waals surface area contributed by atoms with Gasteiger partial charge < -0.3 is 15.2 Å². The Morgan fingerprint density at radius 3 is 2.73 bits per heavy atom. The number of fused-ring (bicyclic) bond motifs is 1. The maximum Gasteiger partial charge on any atom is 0.253 e. The summed E-state index contributed by atoms with van der Waals surface area (Å²) in [5, 5.41) is 4.78. The van der Waals surface area contributed by atoms with Crippen LogP contribution in [0.15, 0.2) is 47.3 Å². The van der Waals surface area contributed by atoms with E-state index < -0.39 is 0 Å². The topological polar surface area (TPSA) is 51.4 Å². The monoisotopic (exact) mass is 466 g/mol. The summed E-state index contributed by atoms with van der Waals surface area (Å²) >= 11 is 5.77. The number of rotatable bonds is 6. The SMILES string of the molecule is CCN1CCC[C@H]1CN(Cc1cc2ccc(C)c(C)c2[nH]c1=O)C(=S)Nc1ccc(F)cc1. The molecule has 0 radical (unpaired) electrons. The Bertz CT molecular complexity index is 1210. The molecule has 0 bridgehead atoms. The molecule has 1 saturated heterocycles. The van der Waals surface area contributed by atoms with E-state index >= 15 is 0 Å². The number of nitrogens with one attached hydrogen (secondary N) is 2. The van der Waals surface area contributed by atoms with E-state index in [4.69, 9.17) is 12.2 Å². The molecular formula is C26H31FN4OS. The Labute approximate surface area is 199 Å². The van der Waals surface area contributed by atoms with Gasteiger partial charge in [0.15, 0.2) is 5.11 Å². The zero-order chi connectivity index (χ0) is 23.5. The van der Waals surface area contributed by atoms with Crippen molar-refractivity contribution in [2.75, 3.05) is 25.0 Å². The van der Waals surface area contributed by atoms with Crippen molar-refractivity contribution in [3.63, 3.8) is 0 Å². The lowest BCUT2D eigenvalue weighted by atomic mass is 10.0. The highest BCUT2D eigenvalue weighted by atomic mass is 32.1. The highest BCUT2D eigenvalue weighted by molar-refractivity contribution is 7.80. The summed E-state index contributed by atoms with van der Waals surface area (Å²) in [6.07, 6.45) is 2.27. The molecule has 1 atom stereocenters. The lowest BCUT2D eigenvalue weighted by molar-refractivity contribution is 0.221. The van der Waals surface area contributed by atoms with E-state index in [0.29, 0.717) is 23.3 Å². The van der Waals surface area contributed by atoms with Gasteiger partial charge in [0.05, 0.1) is 12.1 Å². The molecule has 0 saturated carbocycles. The summed E-state index contributed by atoms with van der Waals surface area (Å²) in [7, 11) is 0. The van der Waals surface area contributed by atoms with Crippen LogP contribution in [-0.2, 0) is 6.54 Å². The van der Waals surface area contributed by atoms with Gasteiger partial charge in [-0.1, -0.05) is 19.1 Å². The smallest absolute Gasteiger partial charge is 0.253 e. The molecule has 1 aromatic heterocycles. The van der Waals surface area contributed by atoms with Crippen LogP contribution in [0.4, 0.5) is 10.1 Å². The Kier molecular flexibility index (Phi) is 7.10. The standard InChI is InChI=1S/C26H31FN4OS/c1-4-30-13-5-6-23(30)16-31(26(33)28-22-11-9-21(27)10-12-22)15-20-14-19-8-7-17(2)18(3)24(19)29-25(20)32/h7-12,14,23H,4-6,13,15-16H2,1-3H3,(H,28,33)(H,29,32)/t23-/m0/s1. The molecule has 0 unspecified atom stereocenters. The van der Waals surface area contributed by atoms with Crippen molar-refractivity contribution in [1.82, 2.24) is 14.8 Å². The van der Waals surface area contributed by atoms with Gasteiger partial charge in [0.25, 0.3) is 5.56 Å². The summed E-state index contributed by atoms with van der Waals surface area (Å²) in [5.74, 6) is -0.291. The van der Waals surface area contributed by atoms with Crippen LogP contribution in [0.2, 0.25) is 0 Å². The molecule has 2 aromatic carbocycles. The van der Waals surface area contributed by atoms with Gasteiger partial charge in [-0.3, -0.25) is 9.69 Å². The number of aryl methyl sites for hydroxylation is 2. The molecule has 0 spiro atoms. The molecular weight excluding hydrogens is 435 g/mol. The molecule has 33 heavy (non-hydrogen) atoms. The molecule has 2 N–H and O–H groups in total. The lowest BCUT2D eigenvalue weighted by Gasteiger charge is -2.32. The van der Waals surface area contributed by atoms with Crippen LogP contribution in [0.5, 0.6) is 0 Å². The van der Waals surface area contributed by atoms with Crippen molar-refractivity contribution in [3.8, 4) is 0 Å². The fourth-order valence-corrected chi connectivity index (χ4v) is 4.88. The van der Waals surface area contributed by atoms with Crippen molar-refractivity contribution in [2.24, 2.45) is 0 Å². The Morgan fingerprint density at radius 2 is 2.00 bits per heavy atom. The first-order valence-electron chi connectivity index (χ1n) is 11.5. The quantitative estimate of drug-likeness (QED) is 0.503. The van der Waals surface area contributed by atoms with Gasteiger partial charge in [0.1, 0.15) is 5.82 Å². The lowest BCUT2D eigenvalue weighted by Crippen LogP contribution is -2.44. The first-order valence-corrected chi connectivity index (χ1v) is 11.9. The summed E-state index contributed by atoms with van der Waals surface area (Å²) in [6.45, 7) is 9.46. The summed E-state index contributed by atoms with van der Waals surface area (Å²) in [4.78, 5) is 20.6. The largest absolute Gasteiger partial charge is 0.343 e. The number of thiocarbonyl (C=S) groups is 1. The van der Waals surface area contributed by atoms with Gasteiger partial charge in [-0.25, -0.2) is 4.39 Å². The maximum atomic E-state index is 13.3. The molecule has 3 aromatic rings. The van der Waals surface area contributed by atoms with Crippen molar-refractivity contribution in [2.45, 2.75) is 46.2 Å². The molecule has 4 rings (SSSR count). The summed E-state index contributed by atoms with van der Waals surface area (Å²) < 4.78 is 13.3. The average molecular weight is 467 g/mol. The van der Waals surface area contributed by atoms with Gasteiger partial charge in [-0.05, 0) is 98.8 Å². The minimum absolute atomic E-state index is 0.0930. The number of aromatic nitrogens is 1. The number of likely N-dealkylation sites (tertiary alicyclic amines) is 1. The number of anilines is 1. The highest BCUT2D eigenvalue weighted by Crippen LogP contribution is 2.22.